The number of guanidine groups is 1. The predicted octanol–water partition coefficient (Wildman–Crippen LogP) is 2.94. The zero-order valence-electron chi connectivity index (χ0n) is 15.7. The number of ether oxygens (including phenoxy) is 2. The number of thioether (sulfide) groups is 1. The maximum absolute atomic E-state index is 13.4. The zero-order valence-corrected chi connectivity index (χ0v) is 16.5. The monoisotopic (exact) mass is 383 g/mol. The van der Waals surface area contributed by atoms with E-state index in [9.17, 15) is 4.39 Å². The normalized spacial score (nSPS) is 15.9. The lowest BCUT2D eigenvalue weighted by atomic mass is 10.1. The lowest BCUT2D eigenvalue weighted by Gasteiger charge is -2.22. The van der Waals surface area contributed by atoms with Crippen LogP contribution < -0.4 is 10.6 Å². The summed E-state index contributed by atoms with van der Waals surface area (Å²) in [6.07, 6.45) is 5.27. The van der Waals surface area contributed by atoms with Crippen molar-refractivity contribution in [1.29, 1.82) is 0 Å². The third kappa shape index (κ3) is 7.51. The van der Waals surface area contributed by atoms with Crippen molar-refractivity contribution in [3.05, 3.63) is 35.1 Å². The summed E-state index contributed by atoms with van der Waals surface area (Å²) in [7, 11) is 1.75. The summed E-state index contributed by atoms with van der Waals surface area (Å²) < 4.78 is 24.6. The van der Waals surface area contributed by atoms with Gasteiger partial charge in [-0.1, -0.05) is 6.07 Å². The number of hydrogen-bond donors (Lipinski definition) is 2. The largest absolute Gasteiger partial charge is 0.381 e. The van der Waals surface area contributed by atoms with E-state index in [0.717, 1.165) is 68.5 Å². The lowest BCUT2D eigenvalue weighted by molar-refractivity contribution is -0.0320. The zero-order chi connectivity index (χ0) is 18.6. The van der Waals surface area contributed by atoms with Gasteiger partial charge in [0.05, 0.1) is 6.10 Å². The van der Waals surface area contributed by atoms with Crippen LogP contribution in [0.4, 0.5) is 4.39 Å². The quantitative estimate of drug-likeness (QED) is 0.390. The Morgan fingerprint density at radius 3 is 2.85 bits per heavy atom. The standard InChI is InChI=1S/C19H30FN3O2S/c1-21-19(22-8-3-9-25-18-6-10-24-11-7-18)23-13-15-4-5-17(20)12-16(15)14-26-2/h4-5,12,18H,3,6-11,13-14H2,1-2H3,(H2,21,22,23). The van der Waals surface area contributed by atoms with Gasteiger partial charge in [0.2, 0.25) is 0 Å². The summed E-state index contributed by atoms with van der Waals surface area (Å²) in [6, 6.07) is 4.95. The molecule has 7 heteroatoms. The summed E-state index contributed by atoms with van der Waals surface area (Å²) in [5, 5.41) is 6.59. The van der Waals surface area contributed by atoms with Gasteiger partial charge in [0.1, 0.15) is 5.82 Å². The molecule has 1 heterocycles. The minimum absolute atomic E-state index is 0.190. The van der Waals surface area contributed by atoms with E-state index in [4.69, 9.17) is 9.47 Å². The van der Waals surface area contributed by atoms with Gasteiger partial charge < -0.3 is 20.1 Å². The van der Waals surface area contributed by atoms with Gasteiger partial charge in [-0.3, -0.25) is 4.99 Å². The summed E-state index contributed by atoms with van der Waals surface area (Å²) in [5.74, 6) is 1.35. The maximum atomic E-state index is 13.4. The Hall–Kier alpha value is -1.31. The van der Waals surface area contributed by atoms with Crippen LogP contribution in [0.5, 0.6) is 0 Å². The number of hydrogen-bond acceptors (Lipinski definition) is 4. The van der Waals surface area contributed by atoms with E-state index < -0.39 is 0 Å². The van der Waals surface area contributed by atoms with E-state index in [2.05, 4.69) is 15.6 Å². The number of benzene rings is 1. The molecule has 1 aromatic rings. The molecule has 1 aliphatic heterocycles. The Bertz CT molecular complexity index is 566. The first kappa shape index (κ1) is 21.0. The van der Waals surface area contributed by atoms with Crippen molar-refractivity contribution in [2.24, 2.45) is 4.99 Å². The third-order valence-electron chi connectivity index (χ3n) is 4.27. The molecule has 1 aliphatic rings. The topological polar surface area (TPSA) is 54.9 Å². The van der Waals surface area contributed by atoms with Crippen LogP contribution in [0.1, 0.15) is 30.4 Å². The second kappa shape index (κ2) is 12.1. The molecule has 2 N–H and O–H groups in total. The lowest BCUT2D eigenvalue weighted by Crippen LogP contribution is -2.38. The van der Waals surface area contributed by atoms with Gasteiger partial charge in [-0.05, 0) is 48.8 Å². The van der Waals surface area contributed by atoms with Gasteiger partial charge in [0.15, 0.2) is 5.96 Å². The Morgan fingerprint density at radius 2 is 2.12 bits per heavy atom. The fourth-order valence-electron chi connectivity index (χ4n) is 2.83. The Kier molecular flexibility index (Phi) is 9.81. The predicted molar refractivity (Wildman–Crippen MR) is 106 cm³/mol. The van der Waals surface area contributed by atoms with Crippen LogP contribution >= 0.6 is 11.8 Å². The minimum Gasteiger partial charge on any atom is -0.381 e. The van der Waals surface area contributed by atoms with Crippen molar-refractivity contribution >= 4 is 17.7 Å². The molecule has 0 bridgehead atoms. The smallest absolute Gasteiger partial charge is 0.191 e. The number of halogens is 1. The van der Waals surface area contributed by atoms with Crippen molar-refractivity contribution in [2.45, 2.75) is 37.7 Å². The Balaban J connectivity index is 1.67. The van der Waals surface area contributed by atoms with Gasteiger partial charge in [-0.2, -0.15) is 11.8 Å². The summed E-state index contributed by atoms with van der Waals surface area (Å²) >= 11 is 1.69. The second-order valence-corrected chi connectivity index (χ2v) is 7.10. The second-order valence-electron chi connectivity index (χ2n) is 6.23. The van der Waals surface area contributed by atoms with Crippen molar-refractivity contribution in [3.63, 3.8) is 0 Å². The fourth-order valence-corrected chi connectivity index (χ4v) is 3.41. The highest BCUT2D eigenvalue weighted by molar-refractivity contribution is 7.97. The molecule has 0 aliphatic carbocycles. The number of aliphatic imine (C=N–C) groups is 1. The first-order valence-corrected chi connectivity index (χ1v) is 10.5. The van der Waals surface area contributed by atoms with Crippen molar-refractivity contribution < 1.29 is 13.9 Å². The summed E-state index contributed by atoms with van der Waals surface area (Å²) in [6.45, 7) is 3.77. The number of nitrogens with zero attached hydrogens (tertiary/aromatic N) is 1. The SMILES string of the molecule is CN=C(NCCCOC1CCOCC1)NCc1ccc(F)cc1CSC. The third-order valence-corrected chi connectivity index (χ3v) is 4.87. The molecule has 5 nitrogen and oxygen atoms in total. The summed E-state index contributed by atoms with van der Waals surface area (Å²) in [5.41, 5.74) is 2.11. The van der Waals surface area contributed by atoms with Gasteiger partial charge >= 0.3 is 0 Å². The van der Waals surface area contributed by atoms with E-state index in [-0.39, 0.29) is 5.82 Å². The molecule has 0 aromatic heterocycles. The van der Waals surface area contributed by atoms with Crippen LogP contribution in [-0.2, 0) is 21.8 Å². The van der Waals surface area contributed by atoms with Crippen LogP contribution in [0.15, 0.2) is 23.2 Å². The Morgan fingerprint density at radius 1 is 1.31 bits per heavy atom. The molecule has 0 radical (unpaired) electrons. The van der Waals surface area contributed by atoms with Gasteiger partial charge in [0, 0.05) is 45.7 Å². The van der Waals surface area contributed by atoms with Gasteiger partial charge in [0.25, 0.3) is 0 Å². The maximum Gasteiger partial charge on any atom is 0.191 e. The molecular weight excluding hydrogens is 353 g/mol. The highest BCUT2D eigenvalue weighted by Gasteiger charge is 2.13. The van der Waals surface area contributed by atoms with Crippen molar-refractivity contribution in [2.75, 3.05) is 39.7 Å². The van der Waals surface area contributed by atoms with Crippen molar-refractivity contribution in [3.8, 4) is 0 Å². The molecule has 0 spiro atoms. The average Bonchev–Trinajstić information content (AvgIpc) is 2.66. The Labute approximate surface area is 160 Å². The average molecular weight is 384 g/mol. The molecule has 146 valence electrons. The molecule has 1 fully saturated rings. The van der Waals surface area contributed by atoms with Gasteiger partial charge in [-0.15, -0.1) is 0 Å². The molecule has 1 saturated heterocycles. The van der Waals surface area contributed by atoms with Crippen LogP contribution in [0, 0.1) is 5.82 Å². The van der Waals surface area contributed by atoms with Crippen LogP contribution in [0.25, 0.3) is 0 Å². The molecule has 0 amide bonds. The molecule has 1 aromatic carbocycles. The van der Waals surface area contributed by atoms with Crippen LogP contribution in [0.3, 0.4) is 0 Å². The molecule has 0 unspecified atom stereocenters. The molecule has 26 heavy (non-hydrogen) atoms. The summed E-state index contributed by atoms with van der Waals surface area (Å²) in [4.78, 5) is 4.24. The highest BCUT2D eigenvalue weighted by atomic mass is 32.2. The van der Waals surface area contributed by atoms with E-state index in [1.54, 1.807) is 24.9 Å². The fraction of sp³-hybridized carbons (Fsp3) is 0.632. The van der Waals surface area contributed by atoms with Crippen molar-refractivity contribution in [1.82, 2.24) is 10.6 Å². The van der Waals surface area contributed by atoms with Crippen LogP contribution in [0.2, 0.25) is 0 Å². The van der Waals surface area contributed by atoms with E-state index in [1.165, 1.54) is 6.07 Å². The molecule has 0 atom stereocenters. The number of nitrogens with one attached hydrogen (secondary N) is 2. The van der Waals surface area contributed by atoms with Gasteiger partial charge in [-0.25, -0.2) is 4.39 Å². The molecule has 2 rings (SSSR count). The van der Waals surface area contributed by atoms with E-state index >= 15 is 0 Å². The van der Waals surface area contributed by atoms with E-state index in [0.29, 0.717) is 12.6 Å². The number of rotatable bonds is 9. The first-order chi connectivity index (χ1) is 12.7. The molecule has 0 saturated carbocycles. The first-order valence-electron chi connectivity index (χ1n) is 9.13. The van der Waals surface area contributed by atoms with Crippen LogP contribution in [-0.4, -0.2) is 51.7 Å². The minimum atomic E-state index is -0.190. The van der Waals surface area contributed by atoms with E-state index in [1.807, 2.05) is 12.3 Å². The molecular formula is C19H30FN3O2S. The highest BCUT2D eigenvalue weighted by Crippen LogP contribution is 2.16.